The minimum absolute atomic E-state index is 0.0104. The molecule has 127 heavy (non-hydrogen) atoms. The van der Waals surface area contributed by atoms with Crippen molar-refractivity contribution >= 4 is 117 Å². The van der Waals surface area contributed by atoms with Gasteiger partial charge >= 0.3 is 0 Å². The molecule has 1 unspecified atom stereocenters. The second-order valence-corrected chi connectivity index (χ2v) is 37.4. The van der Waals surface area contributed by atoms with E-state index >= 15 is 23.6 Å². The monoisotopic (exact) mass is 1800 g/mol. The third-order valence-electron chi connectivity index (χ3n) is 24.7. The topological polar surface area (TPSA) is 390 Å². The molecule has 5 heterocycles. The lowest BCUT2D eigenvalue weighted by Gasteiger charge is -2.41. The van der Waals surface area contributed by atoms with E-state index in [2.05, 4.69) is 33.2 Å². The first kappa shape index (κ1) is 104. The van der Waals surface area contributed by atoms with Gasteiger partial charge in [0.1, 0.15) is 84.4 Å². The summed E-state index contributed by atoms with van der Waals surface area (Å²) in [5.41, 5.74) is 1.68. The number of ether oxygens (including phenoxy) is 1. The number of hydrogen-bond acceptors (Lipinski definition) is 20. The number of carbonyl (C=O) groups is 14. The predicted octanol–water partition coefficient (Wildman–Crippen LogP) is 5.78. The number of carbonyl (C=O) groups excluding carboxylic acids is 14. The molecule has 14 amide bonds. The van der Waals surface area contributed by atoms with Gasteiger partial charge in [-0.25, -0.2) is 9.37 Å². The summed E-state index contributed by atoms with van der Waals surface area (Å²) < 4.78 is 21.7. The summed E-state index contributed by atoms with van der Waals surface area (Å²) in [4.78, 5) is 230. The molecule has 3 fully saturated rings. The smallest absolute Gasteiger partial charge is 0.246 e. The Hall–Kier alpha value is -10.3. The van der Waals surface area contributed by atoms with E-state index in [0.29, 0.717) is 59.8 Å². The number of piperazine rings is 2. The van der Waals surface area contributed by atoms with Crippen LogP contribution in [-0.2, 0) is 73.7 Å². The molecule has 0 saturated carbocycles. The summed E-state index contributed by atoms with van der Waals surface area (Å²) >= 11 is 7.00. The summed E-state index contributed by atoms with van der Waals surface area (Å²) in [7, 11) is 9.71. The van der Waals surface area contributed by atoms with Crippen molar-refractivity contribution in [2.75, 3.05) is 125 Å². The molecule has 4 aliphatic rings. The molecule has 0 bridgehead atoms. The Labute approximate surface area is 753 Å². The van der Waals surface area contributed by atoms with Crippen LogP contribution < -0.4 is 36.2 Å². The highest BCUT2D eigenvalue weighted by molar-refractivity contribution is 6.35. The number of aliphatic hydroxyl groups is 1. The van der Waals surface area contributed by atoms with Gasteiger partial charge in [0.25, 0.3) is 0 Å². The number of anilines is 2. The number of fused-ring (bicyclic) bond motifs is 5. The number of likely N-dealkylation sites (N-methyl/N-ethyl adjacent to an activating group) is 7. The maximum atomic E-state index is 15.7. The maximum Gasteiger partial charge on any atom is 0.246 e. The number of aromatic nitrogens is 2. The van der Waals surface area contributed by atoms with E-state index in [-0.39, 0.29) is 155 Å². The quantitative estimate of drug-likeness (QED) is 0.0613. The van der Waals surface area contributed by atoms with Gasteiger partial charge in [-0.05, 0) is 124 Å². The zero-order valence-electron chi connectivity index (χ0n) is 78.8. The molecule has 6 N–H and O–H groups in total. The summed E-state index contributed by atoms with van der Waals surface area (Å²) in [6.07, 6.45) is 0.223. The van der Waals surface area contributed by atoms with Crippen LogP contribution in [0.5, 0.6) is 5.75 Å². The second-order valence-electron chi connectivity index (χ2n) is 37.0. The van der Waals surface area contributed by atoms with E-state index in [1.807, 2.05) is 60.3 Å². The highest BCUT2D eigenvalue weighted by atomic mass is 35.5. The molecule has 7 rings (SSSR count). The normalized spacial score (nSPS) is 23.5. The van der Waals surface area contributed by atoms with Gasteiger partial charge in [0.15, 0.2) is 0 Å². The largest absolute Gasteiger partial charge is 0.488 e. The van der Waals surface area contributed by atoms with E-state index in [1.54, 1.807) is 74.4 Å². The van der Waals surface area contributed by atoms with E-state index in [9.17, 15) is 53.1 Å². The average molecular weight is 1800 g/mol. The maximum absolute atomic E-state index is 15.7. The van der Waals surface area contributed by atoms with Gasteiger partial charge in [-0.15, -0.1) is 0 Å². The van der Waals surface area contributed by atoms with Crippen molar-refractivity contribution in [2.45, 2.75) is 242 Å². The molecular weight excluding hydrogens is 1660 g/mol. The molecule has 36 heteroatoms. The van der Waals surface area contributed by atoms with Gasteiger partial charge in [0.05, 0.1) is 23.7 Å². The van der Waals surface area contributed by atoms with Crippen molar-refractivity contribution in [3.63, 3.8) is 0 Å². The van der Waals surface area contributed by atoms with Gasteiger partial charge in [0, 0.05) is 143 Å². The van der Waals surface area contributed by atoms with Crippen molar-refractivity contribution in [1.82, 2.24) is 80.2 Å². The van der Waals surface area contributed by atoms with Gasteiger partial charge < -0.3 is 90.3 Å². The minimum atomic E-state index is -1.79. The third-order valence-corrected chi connectivity index (χ3v) is 25.0. The lowest BCUT2D eigenvalue weighted by Crippen LogP contribution is -2.63. The number of nitrogens with zero attached hydrogens (tertiary/aromatic N) is 13. The van der Waals surface area contributed by atoms with Crippen LogP contribution >= 0.6 is 11.6 Å². The molecule has 12 atom stereocenters. The molecule has 2 aromatic carbocycles. The molecule has 1 aromatic heterocycles. The summed E-state index contributed by atoms with van der Waals surface area (Å²) in [6.45, 7) is 33.3. The lowest BCUT2D eigenvalue weighted by molar-refractivity contribution is -0.157. The van der Waals surface area contributed by atoms with Gasteiger partial charge in [-0.2, -0.15) is 4.98 Å². The first-order valence-corrected chi connectivity index (χ1v) is 45.1. The Morgan fingerprint density at radius 1 is 0.575 bits per heavy atom. The van der Waals surface area contributed by atoms with Crippen molar-refractivity contribution < 1.29 is 81.4 Å². The molecule has 4 aliphatic heterocycles. The number of benzene rings is 2. The zero-order valence-corrected chi connectivity index (χ0v) is 79.5. The molecule has 34 nitrogen and oxygen atoms in total. The van der Waals surface area contributed by atoms with Gasteiger partial charge in [0.2, 0.25) is 88.6 Å². The lowest BCUT2D eigenvalue weighted by atomic mass is 9.90. The molecule has 3 aromatic rings. The van der Waals surface area contributed by atoms with Crippen LogP contribution in [0.15, 0.2) is 36.9 Å². The number of nitrogens with one attached hydrogen (secondary N) is 5. The third kappa shape index (κ3) is 25.8. The van der Waals surface area contributed by atoms with Crippen LogP contribution in [-0.4, -0.2) is 328 Å². The highest BCUT2D eigenvalue weighted by Gasteiger charge is 2.47. The van der Waals surface area contributed by atoms with Crippen molar-refractivity contribution in [1.29, 1.82) is 0 Å². The van der Waals surface area contributed by atoms with Crippen molar-refractivity contribution in [3.05, 3.63) is 53.3 Å². The Balaban J connectivity index is 1.13. The minimum Gasteiger partial charge on any atom is -0.488 e. The zero-order chi connectivity index (χ0) is 94.9. The molecule has 0 spiro atoms. The van der Waals surface area contributed by atoms with Gasteiger partial charge in [-0.1, -0.05) is 121 Å². The first-order valence-electron chi connectivity index (χ1n) is 44.7. The predicted molar refractivity (Wildman–Crippen MR) is 482 cm³/mol. The molecule has 704 valence electrons. The van der Waals surface area contributed by atoms with Crippen molar-refractivity contribution in [2.24, 2.45) is 41.4 Å². The Bertz CT molecular complexity index is 4480. The van der Waals surface area contributed by atoms with Crippen LogP contribution in [0.3, 0.4) is 0 Å². The average Bonchev–Trinajstić information content (AvgIpc) is 0.731. The van der Waals surface area contributed by atoms with Crippen molar-refractivity contribution in [3.8, 4) is 16.9 Å². The van der Waals surface area contributed by atoms with Crippen LogP contribution in [0.2, 0.25) is 5.02 Å². The molecular formula is C91H140ClFN18O16. The number of hydrogen-bond donors (Lipinski definition) is 6. The van der Waals surface area contributed by atoms with E-state index in [0.717, 1.165) is 9.80 Å². The number of rotatable bonds is 23. The fraction of sp³-hybridized carbons (Fsp3) is 0.670. The Kier molecular flexibility index (Phi) is 37.7. The fourth-order valence-corrected chi connectivity index (χ4v) is 17.4. The summed E-state index contributed by atoms with van der Waals surface area (Å²) in [5.74, 6) is -11.1. The number of halogens is 2. The van der Waals surface area contributed by atoms with Gasteiger partial charge in [-0.3, -0.25) is 67.1 Å². The van der Waals surface area contributed by atoms with Crippen LogP contribution in [0.25, 0.3) is 22.0 Å². The fourth-order valence-electron chi connectivity index (χ4n) is 17.0. The molecule has 0 radical (unpaired) electrons. The standard InChI is InChI=1S/C91H140ClFN18O16/c1-25-63-86(122)101(18)48-72(115)102(19)64(43-50(3)4)83(119)98-75(54(11)12)89(125)103(20)65(44-51(5)6)82(118)95-57(16)81(117)96-58(17)85(121)104(21)66(45-52(7)8)87(123)105(22)67(46-53(9)10)88(124)106(23)77(55(13)14)90(126)107(24)78(84(120)97-63)79(116)56(15)29-27-32-70(113)109-35-37-110(38-36-109)71(114)33-34-94-91-99-76-59(80(100-91)111-41-39-108(40-42-111)69(112)26-2)47-61(92)73-60(76)49-127-68-31-28-30-62(93)74(68)73/h26,28,30-31,47,50-58,63-67,75,77-79,116H,2,25,27,29,32-46,48-49H2,1,3-24H3,(H,95,118)(H,96,117)(H,97,120)(H,98,119)(H,94,99,100)/t56-,57+,58-,63+,64+,65+,66+,67+,75+,77+,78?,79-/m1/s1. The van der Waals surface area contributed by atoms with E-state index < -0.39 is 162 Å². The first-order chi connectivity index (χ1) is 59.6. The van der Waals surface area contributed by atoms with E-state index in [1.165, 1.54) is 99.8 Å². The molecule has 3 saturated heterocycles. The van der Waals surface area contributed by atoms with Crippen LogP contribution in [0.4, 0.5) is 16.2 Å². The summed E-state index contributed by atoms with van der Waals surface area (Å²) in [6, 6.07) is -6.91. The number of amides is 14. The Morgan fingerprint density at radius 3 is 1.62 bits per heavy atom. The second kappa shape index (κ2) is 46.1. The van der Waals surface area contributed by atoms with Crippen LogP contribution in [0, 0.1) is 47.2 Å². The number of aliphatic hydroxyl groups excluding tert-OH is 1. The highest BCUT2D eigenvalue weighted by Crippen LogP contribution is 2.47. The van der Waals surface area contributed by atoms with Crippen LogP contribution in [0.1, 0.15) is 174 Å². The SMILES string of the molecule is C=CC(=O)N1CCN(c2nc(NCCC(=O)N3CCN(C(=O)CCC[C@@H](C)[C@@H](O)C4C(=O)N[C@@H](CC)C(=O)N(C)CC(=O)N(C)[C@@H](CC(C)C)C(=O)N[C@@H](C(C)C)C(=O)N(C)[C@@H](CC(C)C)C(=O)N[C@@H](C)C(=O)N[C@H](C)C(=O)N(C)[C@@H](CC(C)C)C(=O)N(C)[C@@H](CC(C)C)C(=O)N(C)[C@@H](C(C)C)C(=O)N4C)CC3)nc3c4c(c(Cl)cc23)-c2c(F)cccc2OC4)CC1. The Morgan fingerprint density at radius 2 is 1.08 bits per heavy atom. The molecule has 0 aliphatic carbocycles. The summed E-state index contributed by atoms with van der Waals surface area (Å²) in [5, 5.41) is 27.9. The van der Waals surface area contributed by atoms with E-state index in [4.69, 9.17) is 26.3 Å².